The molecule has 5 heteroatoms. The van der Waals surface area contributed by atoms with Crippen molar-refractivity contribution in [3.63, 3.8) is 0 Å². The highest BCUT2D eigenvalue weighted by Gasteiger charge is 2.33. The van der Waals surface area contributed by atoms with E-state index in [0.29, 0.717) is 12.2 Å². The predicted octanol–water partition coefficient (Wildman–Crippen LogP) is 2.41. The Morgan fingerprint density at radius 3 is 2.75 bits per heavy atom. The molecule has 1 N–H and O–H groups in total. The zero-order valence-corrected chi connectivity index (χ0v) is 11.6. The number of unbranched alkanes of at least 4 members (excludes halogenated alkanes) is 1. The molecule has 0 bridgehead atoms. The molecular formula is C15H19FN2O2. The van der Waals surface area contributed by atoms with Gasteiger partial charge in [-0.2, -0.15) is 0 Å². The second-order valence-corrected chi connectivity index (χ2v) is 5.09. The van der Waals surface area contributed by atoms with Gasteiger partial charge in [0.15, 0.2) is 0 Å². The molecule has 2 amide bonds. The van der Waals surface area contributed by atoms with Gasteiger partial charge in [0.1, 0.15) is 5.82 Å². The van der Waals surface area contributed by atoms with Crippen molar-refractivity contribution in [2.75, 3.05) is 18.4 Å². The quantitative estimate of drug-likeness (QED) is 0.899. The summed E-state index contributed by atoms with van der Waals surface area (Å²) in [4.78, 5) is 25.6. The van der Waals surface area contributed by atoms with Gasteiger partial charge in [-0.3, -0.25) is 9.59 Å². The molecule has 0 aromatic heterocycles. The molecule has 0 spiro atoms. The van der Waals surface area contributed by atoms with Crippen LogP contribution in [0.1, 0.15) is 26.2 Å². The molecule has 4 nitrogen and oxygen atoms in total. The highest BCUT2D eigenvalue weighted by molar-refractivity contribution is 5.97. The smallest absolute Gasteiger partial charge is 0.229 e. The number of carbonyl (C=O) groups excluding carboxylic acids is 2. The van der Waals surface area contributed by atoms with Gasteiger partial charge in [-0.1, -0.05) is 13.3 Å². The van der Waals surface area contributed by atoms with E-state index in [0.717, 1.165) is 19.4 Å². The van der Waals surface area contributed by atoms with E-state index in [2.05, 4.69) is 12.2 Å². The molecule has 1 fully saturated rings. The van der Waals surface area contributed by atoms with Crippen molar-refractivity contribution in [1.82, 2.24) is 4.90 Å². The van der Waals surface area contributed by atoms with Crippen molar-refractivity contribution >= 4 is 17.5 Å². The lowest BCUT2D eigenvalue weighted by Gasteiger charge is -2.15. The summed E-state index contributed by atoms with van der Waals surface area (Å²) < 4.78 is 12.8. The highest BCUT2D eigenvalue weighted by Crippen LogP contribution is 2.20. The number of likely N-dealkylation sites (tertiary alicyclic amines) is 1. The number of nitrogens with zero attached hydrogens (tertiary/aromatic N) is 1. The Morgan fingerprint density at radius 2 is 2.10 bits per heavy atom. The fourth-order valence-electron chi connectivity index (χ4n) is 2.29. The lowest BCUT2D eigenvalue weighted by molar-refractivity contribution is -0.128. The molecule has 20 heavy (non-hydrogen) atoms. The third-order valence-corrected chi connectivity index (χ3v) is 3.48. The van der Waals surface area contributed by atoms with Crippen LogP contribution >= 0.6 is 0 Å². The first kappa shape index (κ1) is 14.5. The maximum Gasteiger partial charge on any atom is 0.229 e. The molecule has 1 atom stereocenters. The van der Waals surface area contributed by atoms with Gasteiger partial charge >= 0.3 is 0 Å². The minimum absolute atomic E-state index is 0.0395. The lowest BCUT2D eigenvalue weighted by atomic mass is 10.1. The zero-order chi connectivity index (χ0) is 14.5. The Balaban J connectivity index is 1.90. The Kier molecular flexibility index (Phi) is 4.71. The second-order valence-electron chi connectivity index (χ2n) is 5.09. The number of hydrogen-bond donors (Lipinski definition) is 1. The molecule has 0 radical (unpaired) electrons. The van der Waals surface area contributed by atoms with Crippen LogP contribution in [0, 0.1) is 11.7 Å². The van der Waals surface area contributed by atoms with Crippen LogP contribution in [0.25, 0.3) is 0 Å². The first-order chi connectivity index (χ1) is 9.60. The van der Waals surface area contributed by atoms with Crippen LogP contribution in [0.5, 0.6) is 0 Å². The van der Waals surface area contributed by atoms with Gasteiger partial charge in [0.25, 0.3) is 0 Å². The van der Waals surface area contributed by atoms with Gasteiger partial charge in [0.05, 0.1) is 5.92 Å². The van der Waals surface area contributed by atoms with Crippen molar-refractivity contribution in [3.05, 3.63) is 30.1 Å². The summed E-state index contributed by atoms with van der Waals surface area (Å²) in [5.41, 5.74) is 0.552. The molecule has 1 aliphatic heterocycles. The molecule has 0 aliphatic carbocycles. The third-order valence-electron chi connectivity index (χ3n) is 3.48. The van der Waals surface area contributed by atoms with E-state index in [1.165, 1.54) is 24.3 Å². The highest BCUT2D eigenvalue weighted by atomic mass is 19.1. The number of nitrogens with one attached hydrogen (secondary N) is 1. The van der Waals surface area contributed by atoms with E-state index in [4.69, 9.17) is 0 Å². The monoisotopic (exact) mass is 278 g/mol. The van der Waals surface area contributed by atoms with E-state index in [1.54, 1.807) is 4.90 Å². The molecule has 2 rings (SSSR count). The van der Waals surface area contributed by atoms with E-state index in [9.17, 15) is 14.0 Å². The van der Waals surface area contributed by atoms with Crippen LogP contribution in [0.4, 0.5) is 10.1 Å². The standard InChI is InChI=1S/C15H19FN2O2/c1-2-3-8-18-10-11(9-14(18)19)15(20)17-13-6-4-12(16)5-7-13/h4-7,11H,2-3,8-10H2,1H3,(H,17,20)/t11-/m0/s1. The van der Waals surface area contributed by atoms with Gasteiger partial charge < -0.3 is 10.2 Å². The van der Waals surface area contributed by atoms with Gasteiger partial charge in [-0.15, -0.1) is 0 Å². The fourth-order valence-corrected chi connectivity index (χ4v) is 2.29. The van der Waals surface area contributed by atoms with Crippen molar-refractivity contribution in [2.45, 2.75) is 26.2 Å². The largest absolute Gasteiger partial charge is 0.342 e. The molecule has 1 aliphatic rings. The number of halogens is 1. The second kappa shape index (κ2) is 6.50. The van der Waals surface area contributed by atoms with E-state index in [-0.39, 0.29) is 30.0 Å². The van der Waals surface area contributed by atoms with Crippen LogP contribution in [0.15, 0.2) is 24.3 Å². The van der Waals surface area contributed by atoms with Crippen LogP contribution in [0.3, 0.4) is 0 Å². The number of benzene rings is 1. The van der Waals surface area contributed by atoms with Crippen LogP contribution in [-0.2, 0) is 9.59 Å². The van der Waals surface area contributed by atoms with Gasteiger partial charge in [-0.05, 0) is 30.7 Å². The molecule has 0 unspecified atom stereocenters. The number of carbonyl (C=O) groups is 2. The first-order valence-electron chi connectivity index (χ1n) is 6.94. The minimum Gasteiger partial charge on any atom is -0.342 e. The van der Waals surface area contributed by atoms with Crippen LogP contribution in [0.2, 0.25) is 0 Å². The summed E-state index contributed by atoms with van der Waals surface area (Å²) in [7, 11) is 0. The van der Waals surface area contributed by atoms with Crippen molar-refractivity contribution in [1.29, 1.82) is 0 Å². The average molecular weight is 278 g/mol. The number of anilines is 1. The predicted molar refractivity (Wildman–Crippen MR) is 74.6 cm³/mol. The Labute approximate surface area is 118 Å². The summed E-state index contributed by atoms with van der Waals surface area (Å²) in [6.07, 6.45) is 2.24. The fraction of sp³-hybridized carbons (Fsp3) is 0.467. The number of hydrogen-bond acceptors (Lipinski definition) is 2. The summed E-state index contributed by atoms with van der Waals surface area (Å²) >= 11 is 0. The van der Waals surface area contributed by atoms with E-state index in [1.807, 2.05) is 0 Å². The Bertz CT molecular complexity index is 487. The number of rotatable bonds is 5. The number of amides is 2. The van der Waals surface area contributed by atoms with E-state index < -0.39 is 0 Å². The Morgan fingerprint density at radius 1 is 1.40 bits per heavy atom. The molecular weight excluding hydrogens is 259 g/mol. The molecule has 0 saturated carbocycles. The third kappa shape index (κ3) is 3.56. The summed E-state index contributed by atoms with van der Waals surface area (Å²) in [5.74, 6) is -0.796. The summed E-state index contributed by atoms with van der Waals surface area (Å²) in [5, 5.41) is 2.72. The molecule has 1 aromatic rings. The van der Waals surface area contributed by atoms with Crippen molar-refractivity contribution < 1.29 is 14.0 Å². The van der Waals surface area contributed by atoms with Gasteiger partial charge in [0.2, 0.25) is 11.8 Å². The van der Waals surface area contributed by atoms with Gasteiger partial charge in [-0.25, -0.2) is 4.39 Å². The molecule has 1 aromatic carbocycles. The minimum atomic E-state index is -0.343. The Hall–Kier alpha value is -1.91. The average Bonchev–Trinajstić information content (AvgIpc) is 2.80. The molecule has 1 saturated heterocycles. The maximum absolute atomic E-state index is 12.8. The van der Waals surface area contributed by atoms with Crippen molar-refractivity contribution in [2.24, 2.45) is 5.92 Å². The first-order valence-corrected chi connectivity index (χ1v) is 6.94. The summed E-state index contributed by atoms with van der Waals surface area (Å²) in [6.45, 7) is 3.26. The molecule has 108 valence electrons. The van der Waals surface area contributed by atoms with Crippen LogP contribution in [-0.4, -0.2) is 29.8 Å². The van der Waals surface area contributed by atoms with Gasteiger partial charge in [0, 0.05) is 25.2 Å². The topological polar surface area (TPSA) is 49.4 Å². The molecule has 1 heterocycles. The normalized spacial score (nSPS) is 18.4. The van der Waals surface area contributed by atoms with E-state index >= 15 is 0 Å². The maximum atomic E-state index is 12.8. The van der Waals surface area contributed by atoms with Crippen LogP contribution < -0.4 is 5.32 Å². The summed E-state index contributed by atoms with van der Waals surface area (Å²) in [6, 6.07) is 5.61. The zero-order valence-electron chi connectivity index (χ0n) is 11.6. The van der Waals surface area contributed by atoms with Crippen molar-refractivity contribution in [3.8, 4) is 0 Å². The SMILES string of the molecule is CCCCN1C[C@@H](C(=O)Nc2ccc(F)cc2)CC1=O. The lowest BCUT2D eigenvalue weighted by Crippen LogP contribution is -2.29.